The summed E-state index contributed by atoms with van der Waals surface area (Å²) in [6.45, 7) is 8.13. The van der Waals surface area contributed by atoms with Crippen LogP contribution in [0.5, 0.6) is 0 Å². The van der Waals surface area contributed by atoms with E-state index in [1.54, 1.807) is 13.0 Å². The Labute approximate surface area is 147 Å². The van der Waals surface area contributed by atoms with Crippen molar-refractivity contribution >= 4 is 34.8 Å². The molecule has 5 heteroatoms. The van der Waals surface area contributed by atoms with Crippen molar-refractivity contribution in [3.05, 3.63) is 57.3 Å². The average molecular weight is 351 g/mol. The number of benzene rings is 1. The van der Waals surface area contributed by atoms with E-state index in [1.807, 2.05) is 24.3 Å². The van der Waals surface area contributed by atoms with Gasteiger partial charge in [0.05, 0.1) is 6.42 Å². The number of amides is 1. The van der Waals surface area contributed by atoms with Crippen LogP contribution in [-0.2, 0) is 16.6 Å². The fraction of sp³-hybridized carbons (Fsp3) is 0.333. The minimum atomic E-state index is -0.170. The summed E-state index contributed by atoms with van der Waals surface area (Å²) in [7, 11) is 0. The Bertz CT molecular complexity index is 713. The first-order valence-corrected chi connectivity index (χ1v) is 8.15. The van der Waals surface area contributed by atoms with Crippen LogP contribution in [0.3, 0.4) is 0 Å². The lowest BCUT2D eigenvalue weighted by Gasteiger charge is -2.23. The zero-order valence-electron chi connectivity index (χ0n) is 13.7. The number of nitrogens with one attached hydrogen (secondary N) is 1. The largest absolute Gasteiger partial charge is 0.326 e. The molecule has 0 aliphatic heterocycles. The van der Waals surface area contributed by atoms with E-state index >= 15 is 0 Å². The van der Waals surface area contributed by atoms with Gasteiger partial charge < -0.3 is 5.32 Å². The Hall–Kier alpha value is -1.58. The topological polar surface area (TPSA) is 42.0 Å². The normalized spacial score (nSPS) is 11.4. The van der Waals surface area contributed by atoms with Crippen LogP contribution in [0, 0.1) is 6.92 Å². The number of hydrogen-bond acceptors (Lipinski definition) is 2. The number of nitrogens with zero attached hydrogens (tertiary/aromatic N) is 1. The summed E-state index contributed by atoms with van der Waals surface area (Å²) in [5.74, 6) is -0.170. The first-order chi connectivity index (χ1) is 10.7. The number of hydrogen-bond donors (Lipinski definition) is 1. The molecule has 3 nitrogen and oxygen atoms in total. The summed E-state index contributed by atoms with van der Waals surface area (Å²) in [6.07, 6.45) is 0.0867. The van der Waals surface area contributed by atoms with Gasteiger partial charge in [-0.3, -0.25) is 4.79 Å². The first-order valence-electron chi connectivity index (χ1n) is 7.39. The van der Waals surface area contributed by atoms with Crippen LogP contribution in [0.15, 0.2) is 30.3 Å². The minimum absolute atomic E-state index is 0.0649. The van der Waals surface area contributed by atoms with Gasteiger partial charge in [0.2, 0.25) is 5.91 Å². The smallest absolute Gasteiger partial charge is 0.228 e. The molecule has 1 N–H and O–H groups in total. The fourth-order valence-electron chi connectivity index (χ4n) is 2.38. The molecule has 0 aliphatic rings. The van der Waals surface area contributed by atoms with Crippen LogP contribution in [0.2, 0.25) is 10.2 Å². The molecule has 23 heavy (non-hydrogen) atoms. The monoisotopic (exact) mass is 350 g/mol. The van der Waals surface area contributed by atoms with Crippen LogP contribution >= 0.6 is 23.2 Å². The number of anilines is 1. The molecule has 0 saturated heterocycles. The maximum atomic E-state index is 12.4. The highest BCUT2D eigenvalue weighted by molar-refractivity contribution is 6.35. The van der Waals surface area contributed by atoms with E-state index in [0.717, 1.165) is 16.9 Å². The highest BCUT2D eigenvalue weighted by Gasteiger charge is 2.19. The van der Waals surface area contributed by atoms with Crippen molar-refractivity contribution in [2.24, 2.45) is 0 Å². The summed E-state index contributed by atoms with van der Waals surface area (Å²) in [5.41, 5.74) is 3.08. The summed E-state index contributed by atoms with van der Waals surface area (Å²) < 4.78 is 0. The van der Waals surface area contributed by atoms with Gasteiger partial charge in [0.15, 0.2) is 0 Å². The average Bonchev–Trinajstić information content (AvgIpc) is 2.42. The SMILES string of the molecule is Cc1cc(Cl)c(CC(=O)Nc2ccccc2C(C)(C)C)c(Cl)n1. The van der Waals surface area contributed by atoms with E-state index in [0.29, 0.717) is 10.6 Å². The lowest BCUT2D eigenvalue weighted by molar-refractivity contribution is -0.115. The Balaban J connectivity index is 2.22. The van der Waals surface area contributed by atoms with Gasteiger partial charge in [-0.15, -0.1) is 0 Å². The van der Waals surface area contributed by atoms with Gasteiger partial charge in [-0.1, -0.05) is 62.2 Å². The fourth-order valence-corrected chi connectivity index (χ4v) is 3.05. The zero-order valence-corrected chi connectivity index (χ0v) is 15.2. The molecule has 1 heterocycles. The zero-order chi connectivity index (χ0) is 17.2. The lowest BCUT2D eigenvalue weighted by Crippen LogP contribution is -2.20. The molecule has 122 valence electrons. The highest BCUT2D eigenvalue weighted by atomic mass is 35.5. The second-order valence-corrected chi connectivity index (χ2v) is 7.30. The molecule has 0 saturated carbocycles. The molecule has 0 radical (unpaired) electrons. The van der Waals surface area contributed by atoms with Crippen LogP contribution < -0.4 is 5.32 Å². The quantitative estimate of drug-likeness (QED) is 0.775. The molecule has 0 atom stereocenters. The molecule has 2 rings (SSSR count). The number of pyridine rings is 1. The third-order valence-electron chi connectivity index (χ3n) is 3.49. The standard InChI is InChI=1S/C18H20Cl2N2O/c1-11-9-14(19)12(17(20)21-11)10-16(23)22-15-8-6-5-7-13(15)18(2,3)4/h5-9H,10H2,1-4H3,(H,22,23). The predicted molar refractivity (Wildman–Crippen MR) is 96.5 cm³/mol. The second-order valence-electron chi connectivity index (χ2n) is 6.54. The summed E-state index contributed by atoms with van der Waals surface area (Å²) in [4.78, 5) is 16.5. The number of halogens is 2. The lowest BCUT2D eigenvalue weighted by atomic mass is 9.86. The summed E-state index contributed by atoms with van der Waals surface area (Å²) in [6, 6.07) is 9.49. The molecule has 0 aliphatic carbocycles. The van der Waals surface area contributed by atoms with Crippen molar-refractivity contribution in [1.29, 1.82) is 0 Å². The molecule has 1 aromatic carbocycles. The Morgan fingerprint density at radius 3 is 2.48 bits per heavy atom. The van der Waals surface area contributed by atoms with Crippen LogP contribution in [0.1, 0.15) is 37.6 Å². The van der Waals surface area contributed by atoms with Crippen molar-refractivity contribution in [1.82, 2.24) is 4.98 Å². The van der Waals surface area contributed by atoms with Crippen LogP contribution in [0.4, 0.5) is 5.69 Å². The molecule has 1 amide bonds. The van der Waals surface area contributed by atoms with E-state index in [-0.39, 0.29) is 22.9 Å². The van der Waals surface area contributed by atoms with Crippen molar-refractivity contribution in [2.75, 3.05) is 5.32 Å². The molecule has 0 spiro atoms. The van der Waals surface area contributed by atoms with E-state index in [1.165, 1.54) is 0 Å². The Morgan fingerprint density at radius 1 is 1.22 bits per heavy atom. The van der Waals surface area contributed by atoms with E-state index in [4.69, 9.17) is 23.2 Å². The van der Waals surface area contributed by atoms with Crippen molar-refractivity contribution in [3.8, 4) is 0 Å². The van der Waals surface area contributed by atoms with Crippen molar-refractivity contribution in [3.63, 3.8) is 0 Å². The van der Waals surface area contributed by atoms with Gasteiger partial charge in [0.1, 0.15) is 5.15 Å². The first kappa shape index (κ1) is 17.8. The molecule has 0 unspecified atom stereocenters. The van der Waals surface area contributed by atoms with Gasteiger partial charge >= 0.3 is 0 Å². The van der Waals surface area contributed by atoms with Gasteiger partial charge in [0, 0.05) is 22.0 Å². The van der Waals surface area contributed by atoms with Gasteiger partial charge in [0.25, 0.3) is 0 Å². The molecular formula is C18H20Cl2N2O. The number of rotatable bonds is 3. The second kappa shape index (κ2) is 6.90. The van der Waals surface area contributed by atoms with Crippen LogP contribution in [-0.4, -0.2) is 10.9 Å². The molecule has 2 aromatic rings. The predicted octanol–water partition coefficient (Wildman–Crippen LogP) is 5.18. The van der Waals surface area contributed by atoms with Gasteiger partial charge in [-0.2, -0.15) is 0 Å². The summed E-state index contributed by atoms with van der Waals surface area (Å²) >= 11 is 12.3. The Kier molecular flexibility index (Phi) is 5.33. The van der Waals surface area contributed by atoms with Crippen LogP contribution in [0.25, 0.3) is 0 Å². The van der Waals surface area contributed by atoms with Crippen molar-refractivity contribution < 1.29 is 4.79 Å². The maximum absolute atomic E-state index is 12.4. The third kappa shape index (κ3) is 4.46. The molecule has 1 aromatic heterocycles. The molecule has 0 bridgehead atoms. The number of carbonyl (C=O) groups excluding carboxylic acids is 1. The maximum Gasteiger partial charge on any atom is 0.228 e. The number of aromatic nitrogens is 1. The third-order valence-corrected chi connectivity index (χ3v) is 4.14. The van der Waals surface area contributed by atoms with E-state index < -0.39 is 0 Å². The molecule has 0 fully saturated rings. The minimum Gasteiger partial charge on any atom is -0.326 e. The highest BCUT2D eigenvalue weighted by Crippen LogP contribution is 2.30. The van der Waals surface area contributed by atoms with E-state index in [2.05, 4.69) is 31.1 Å². The molecular weight excluding hydrogens is 331 g/mol. The summed E-state index contributed by atoms with van der Waals surface area (Å²) in [5, 5.41) is 3.68. The van der Waals surface area contributed by atoms with Gasteiger partial charge in [-0.25, -0.2) is 4.98 Å². The number of aryl methyl sites for hydroxylation is 1. The number of carbonyl (C=O) groups is 1. The van der Waals surface area contributed by atoms with Crippen molar-refractivity contribution in [2.45, 2.75) is 39.5 Å². The van der Waals surface area contributed by atoms with Gasteiger partial charge in [-0.05, 0) is 30.0 Å². The van der Waals surface area contributed by atoms with E-state index in [9.17, 15) is 4.79 Å². The Morgan fingerprint density at radius 2 is 1.87 bits per heavy atom. The number of para-hydroxylation sites is 1.